The third-order valence-electron chi connectivity index (χ3n) is 5.95. The zero-order valence-corrected chi connectivity index (χ0v) is 18.9. The Morgan fingerprint density at radius 1 is 0.444 bits per heavy atom. The predicted molar refractivity (Wildman–Crippen MR) is 122 cm³/mol. The van der Waals surface area contributed by atoms with Crippen molar-refractivity contribution in [1.82, 2.24) is 9.80 Å². The number of rotatable bonds is 20. The molecule has 0 unspecified atom stereocenters. The zero-order valence-electron chi connectivity index (χ0n) is 18.9. The van der Waals surface area contributed by atoms with E-state index >= 15 is 0 Å². The van der Waals surface area contributed by atoms with Crippen molar-refractivity contribution in [1.29, 1.82) is 0 Å². The minimum Gasteiger partial charge on any atom is -0.359 e. The Balaban J connectivity index is 1.76. The Hall–Kier alpha value is -0.660. The third-order valence-corrected chi connectivity index (χ3v) is 5.95. The van der Waals surface area contributed by atoms with Crippen LogP contribution in [-0.2, 0) is 0 Å². The third kappa shape index (κ3) is 15.0. The SMILES string of the molecule is CCCCCCCCCCCCCCCCN1C=CN(CCCCCC)C1. The lowest BCUT2D eigenvalue weighted by Gasteiger charge is -2.21. The van der Waals surface area contributed by atoms with E-state index in [2.05, 4.69) is 36.0 Å². The van der Waals surface area contributed by atoms with Crippen molar-refractivity contribution < 1.29 is 0 Å². The van der Waals surface area contributed by atoms with E-state index in [4.69, 9.17) is 0 Å². The van der Waals surface area contributed by atoms with Crippen LogP contribution in [0.25, 0.3) is 0 Å². The summed E-state index contributed by atoms with van der Waals surface area (Å²) < 4.78 is 0. The van der Waals surface area contributed by atoms with Gasteiger partial charge in [-0.15, -0.1) is 0 Å². The van der Waals surface area contributed by atoms with Crippen molar-refractivity contribution >= 4 is 0 Å². The summed E-state index contributed by atoms with van der Waals surface area (Å²) in [5, 5.41) is 0. The van der Waals surface area contributed by atoms with Gasteiger partial charge in [0.25, 0.3) is 0 Å². The van der Waals surface area contributed by atoms with E-state index in [1.165, 1.54) is 129 Å². The number of hydrogen-bond donors (Lipinski definition) is 0. The van der Waals surface area contributed by atoms with Gasteiger partial charge in [0.15, 0.2) is 0 Å². The molecule has 0 aromatic rings. The van der Waals surface area contributed by atoms with Crippen molar-refractivity contribution in [3.05, 3.63) is 12.4 Å². The van der Waals surface area contributed by atoms with Crippen LogP contribution < -0.4 is 0 Å². The topological polar surface area (TPSA) is 6.48 Å². The van der Waals surface area contributed by atoms with Gasteiger partial charge in [-0.25, -0.2) is 0 Å². The highest BCUT2D eigenvalue weighted by atomic mass is 15.3. The van der Waals surface area contributed by atoms with Gasteiger partial charge in [-0.3, -0.25) is 0 Å². The normalized spacial score (nSPS) is 13.9. The second-order valence-electron chi connectivity index (χ2n) is 8.72. The van der Waals surface area contributed by atoms with Crippen molar-refractivity contribution in [2.45, 2.75) is 129 Å². The van der Waals surface area contributed by atoms with E-state index in [1.807, 2.05) is 0 Å². The lowest BCUT2D eigenvalue weighted by atomic mass is 10.0. The van der Waals surface area contributed by atoms with E-state index in [0.29, 0.717) is 0 Å². The maximum Gasteiger partial charge on any atom is 0.0893 e. The molecule has 0 aromatic carbocycles. The average Bonchev–Trinajstić information content (AvgIpc) is 3.13. The highest BCUT2D eigenvalue weighted by Gasteiger charge is 2.10. The van der Waals surface area contributed by atoms with Gasteiger partial charge < -0.3 is 9.80 Å². The first-order valence-electron chi connectivity index (χ1n) is 12.5. The second-order valence-corrected chi connectivity index (χ2v) is 8.72. The Kier molecular flexibility index (Phi) is 16.9. The van der Waals surface area contributed by atoms with Gasteiger partial charge in [0.2, 0.25) is 0 Å². The first kappa shape index (κ1) is 24.4. The van der Waals surface area contributed by atoms with Crippen LogP contribution in [-0.4, -0.2) is 29.6 Å². The molecule has 1 rings (SSSR count). The lowest BCUT2D eigenvalue weighted by Crippen LogP contribution is -2.26. The van der Waals surface area contributed by atoms with E-state index in [-0.39, 0.29) is 0 Å². The maximum absolute atomic E-state index is 2.50. The molecule has 0 atom stereocenters. The van der Waals surface area contributed by atoms with E-state index in [9.17, 15) is 0 Å². The summed E-state index contributed by atoms with van der Waals surface area (Å²) in [4.78, 5) is 4.99. The minimum absolute atomic E-state index is 1.13. The monoisotopic (exact) mass is 378 g/mol. The zero-order chi connectivity index (χ0) is 19.4. The van der Waals surface area contributed by atoms with Crippen LogP contribution in [0.3, 0.4) is 0 Å². The molecule has 160 valence electrons. The summed E-state index contributed by atoms with van der Waals surface area (Å²) in [6.45, 7) is 8.21. The minimum atomic E-state index is 1.13. The van der Waals surface area contributed by atoms with Crippen molar-refractivity contribution in [3.8, 4) is 0 Å². The Morgan fingerprint density at radius 2 is 0.741 bits per heavy atom. The van der Waals surface area contributed by atoms with Gasteiger partial charge in [-0.1, -0.05) is 117 Å². The molecular weight excluding hydrogens is 328 g/mol. The molecule has 27 heavy (non-hydrogen) atoms. The van der Waals surface area contributed by atoms with E-state index < -0.39 is 0 Å². The molecule has 0 N–H and O–H groups in total. The molecule has 1 aliphatic heterocycles. The molecule has 1 aliphatic rings. The molecular formula is C25H50N2. The van der Waals surface area contributed by atoms with Crippen LogP contribution >= 0.6 is 0 Å². The lowest BCUT2D eigenvalue weighted by molar-refractivity contribution is 0.257. The summed E-state index contributed by atoms with van der Waals surface area (Å²) in [7, 11) is 0. The molecule has 2 heteroatoms. The highest BCUT2D eigenvalue weighted by Crippen LogP contribution is 2.14. The average molecular weight is 379 g/mol. The van der Waals surface area contributed by atoms with Crippen molar-refractivity contribution in [3.63, 3.8) is 0 Å². The molecule has 0 fully saturated rings. The smallest absolute Gasteiger partial charge is 0.0893 e. The van der Waals surface area contributed by atoms with Crippen LogP contribution in [0.15, 0.2) is 12.4 Å². The van der Waals surface area contributed by atoms with Crippen LogP contribution in [0.5, 0.6) is 0 Å². The first-order valence-corrected chi connectivity index (χ1v) is 12.5. The number of nitrogens with zero attached hydrogens (tertiary/aromatic N) is 2. The predicted octanol–water partition coefficient (Wildman–Crippen LogP) is 8.09. The molecule has 0 spiro atoms. The Bertz CT molecular complexity index is 326. The van der Waals surface area contributed by atoms with Gasteiger partial charge in [0, 0.05) is 25.5 Å². The molecule has 0 aromatic heterocycles. The first-order chi connectivity index (χ1) is 13.4. The van der Waals surface area contributed by atoms with Gasteiger partial charge >= 0.3 is 0 Å². The molecule has 0 amide bonds. The molecule has 2 nitrogen and oxygen atoms in total. The van der Waals surface area contributed by atoms with Crippen LogP contribution in [0, 0.1) is 0 Å². The van der Waals surface area contributed by atoms with Crippen molar-refractivity contribution in [2.75, 3.05) is 19.8 Å². The molecule has 0 radical (unpaired) electrons. The maximum atomic E-state index is 2.50. The number of unbranched alkanes of at least 4 members (excludes halogenated alkanes) is 16. The Morgan fingerprint density at radius 3 is 1.11 bits per heavy atom. The fourth-order valence-electron chi connectivity index (χ4n) is 4.06. The van der Waals surface area contributed by atoms with Gasteiger partial charge in [-0.2, -0.15) is 0 Å². The summed E-state index contributed by atoms with van der Waals surface area (Å²) in [6.07, 6.45) is 30.3. The van der Waals surface area contributed by atoms with Gasteiger partial charge in [-0.05, 0) is 12.8 Å². The van der Waals surface area contributed by atoms with Gasteiger partial charge in [0.1, 0.15) is 0 Å². The summed E-state index contributed by atoms with van der Waals surface area (Å²) in [5.74, 6) is 0. The summed E-state index contributed by atoms with van der Waals surface area (Å²) in [6, 6.07) is 0. The molecule has 0 saturated carbocycles. The summed E-state index contributed by atoms with van der Waals surface area (Å²) >= 11 is 0. The summed E-state index contributed by atoms with van der Waals surface area (Å²) in [5.41, 5.74) is 0. The van der Waals surface area contributed by atoms with Crippen molar-refractivity contribution in [2.24, 2.45) is 0 Å². The number of hydrogen-bond acceptors (Lipinski definition) is 2. The largest absolute Gasteiger partial charge is 0.359 e. The van der Waals surface area contributed by atoms with E-state index in [0.717, 1.165) is 6.67 Å². The van der Waals surface area contributed by atoms with E-state index in [1.54, 1.807) is 0 Å². The molecule has 0 bridgehead atoms. The van der Waals surface area contributed by atoms with Gasteiger partial charge in [0.05, 0.1) is 6.67 Å². The second kappa shape index (κ2) is 18.7. The van der Waals surface area contributed by atoms with Crippen LogP contribution in [0.4, 0.5) is 0 Å². The fraction of sp³-hybridized carbons (Fsp3) is 0.920. The molecule has 0 saturated heterocycles. The standard InChI is InChI=1S/C25H50N2/c1-3-5-7-9-10-11-12-13-14-15-16-17-18-20-22-27-24-23-26(25-27)21-19-8-6-4-2/h23-24H,3-22,25H2,1-2H3. The fourth-order valence-corrected chi connectivity index (χ4v) is 4.06. The highest BCUT2D eigenvalue weighted by molar-refractivity contribution is 4.90. The Labute approximate surface area is 171 Å². The molecule has 0 aliphatic carbocycles. The van der Waals surface area contributed by atoms with Crippen LogP contribution in [0.2, 0.25) is 0 Å². The molecule has 1 heterocycles. The quantitative estimate of drug-likeness (QED) is 0.197. The van der Waals surface area contributed by atoms with Crippen LogP contribution in [0.1, 0.15) is 129 Å².